The van der Waals surface area contributed by atoms with Crippen molar-refractivity contribution in [1.29, 1.82) is 0 Å². The highest BCUT2D eigenvalue weighted by atomic mass is 16.6. The second kappa shape index (κ2) is 9.56. The average molecular weight is 497 g/mol. The summed E-state index contributed by atoms with van der Waals surface area (Å²) in [6.45, 7) is -1.03. The second-order valence-electron chi connectivity index (χ2n) is 8.23. The number of H-pyrrole nitrogens is 1. The van der Waals surface area contributed by atoms with Gasteiger partial charge in [-0.15, -0.1) is 0 Å². The number of nitrogens with one attached hydrogen (secondary N) is 2. The Bertz CT molecular complexity index is 1150. The molecule has 35 heavy (non-hydrogen) atoms. The predicted octanol–water partition coefficient (Wildman–Crippen LogP) is -4.63. The maximum absolute atomic E-state index is 12.4. The van der Waals surface area contributed by atoms with E-state index in [-0.39, 0.29) is 11.1 Å². The fraction of sp³-hybridized carbons (Fsp3) is 0.500. The zero-order valence-corrected chi connectivity index (χ0v) is 17.8. The van der Waals surface area contributed by atoms with Gasteiger partial charge in [0.25, 0.3) is 17.4 Å². The van der Waals surface area contributed by atoms with Crippen molar-refractivity contribution < 1.29 is 54.8 Å². The molecule has 0 saturated carbocycles. The summed E-state index contributed by atoms with van der Waals surface area (Å²) in [5.74, 6) is -2.67. The molecule has 0 spiro atoms. The summed E-state index contributed by atoms with van der Waals surface area (Å²) in [4.78, 5) is 43.0. The number of amides is 2. The monoisotopic (exact) mass is 497 g/mol. The number of hydrogen-bond donors (Lipinski definition) is 9. The van der Waals surface area contributed by atoms with Gasteiger partial charge in [0, 0.05) is 5.56 Å². The Morgan fingerprint density at radius 3 is 2.31 bits per heavy atom. The largest absolute Gasteiger partial charge is 0.494 e. The molecule has 15 heteroatoms. The summed E-state index contributed by atoms with van der Waals surface area (Å²) in [6.07, 6.45) is -10.8. The minimum atomic E-state index is -1.71. The third-order valence-electron chi connectivity index (χ3n) is 5.94. The standard InChI is InChI=1S/C20H23N3O12/c24-3-10-12(27)14(29)16(35-10)6-2-8(20(33)23-18(6)31)21-7-1-5(17(30)22-19(7)32)15-13(28)11(26)9(25)4-34-15/h1-2,9-16,24-29H,3-4H2,(H,22,30,32)(H2,23,31,33). The van der Waals surface area contributed by atoms with Crippen LogP contribution in [0.5, 0.6) is 5.88 Å². The summed E-state index contributed by atoms with van der Waals surface area (Å²) in [7, 11) is 0. The van der Waals surface area contributed by atoms with Crippen LogP contribution in [-0.4, -0.2) is 114 Å². The molecule has 2 fully saturated rings. The van der Waals surface area contributed by atoms with E-state index in [4.69, 9.17) is 9.47 Å². The number of carbonyl (C=O) groups excluding carboxylic acids is 2. The van der Waals surface area contributed by atoms with E-state index in [0.29, 0.717) is 0 Å². The molecule has 9 N–H and O–H groups in total. The summed E-state index contributed by atoms with van der Waals surface area (Å²) in [6, 6.07) is 0.991. The minimum Gasteiger partial charge on any atom is -0.494 e. The first kappa shape index (κ1) is 25.1. The van der Waals surface area contributed by atoms with Gasteiger partial charge in [-0.3, -0.25) is 24.7 Å². The van der Waals surface area contributed by atoms with E-state index in [1.54, 1.807) is 0 Å². The first-order chi connectivity index (χ1) is 16.5. The maximum Gasteiger partial charge on any atom is 0.276 e. The molecule has 1 aromatic rings. The average Bonchev–Trinajstić information content (AvgIpc) is 3.09. The Morgan fingerprint density at radius 2 is 1.66 bits per heavy atom. The lowest BCUT2D eigenvalue weighted by Gasteiger charge is -2.36. The number of nitrogens with zero attached hydrogens (tertiary/aromatic N) is 1. The van der Waals surface area contributed by atoms with Gasteiger partial charge in [-0.25, -0.2) is 4.99 Å². The molecule has 4 heterocycles. The minimum absolute atomic E-state index is 0.203. The molecule has 8 unspecified atom stereocenters. The molecule has 3 aliphatic heterocycles. The van der Waals surface area contributed by atoms with Crippen LogP contribution in [0.15, 0.2) is 27.5 Å². The number of imide groups is 1. The smallest absolute Gasteiger partial charge is 0.276 e. The number of aliphatic imine (C=N–C) groups is 1. The highest BCUT2D eigenvalue weighted by Gasteiger charge is 2.45. The van der Waals surface area contributed by atoms with E-state index in [2.05, 4.69) is 9.98 Å². The summed E-state index contributed by atoms with van der Waals surface area (Å²) in [5, 5.41) is 71.3. The summed E-state index contributed by atoms with van der Waals surface area (Å²) >= 11 is 0. The number of aromatic nitrogens is 1. The van der Waals surface area contributed by atoms with Crippen molar-refractivity contribution in [3.05, 3.63) is 33.6 Å². The third kappa shape index (κ3) is 4.51. The van der Waals surface area contributed by atoms with Gasteiger partial charge in [-0.05, 0) is 12.1 Å². The lowest BCUT2D eigenvalue weighted by Crippen LogP contribution is -2.56. The Labute approximate surface area is 195 Å². The van der Waals surface area contributed by atoms with E-state index in [1.165, 1.54) is 0 Å². The molecule has 2 amide bonds. The van der Waals surface area contributed by atoms with Gasteiger partial charge in [0.2, 0.25) is 0 Å². The van der Waals surface area contributed by atoms with Crippen LogP contribution in [0.2, 0.25) is 0 Å². The summed E-state index contributed by atoms with van der Waals surface area (Å²) in [5.41, 5.74) is -2.39. The Morgan fingerprint density at radius 1 is 0.971 bits per heavy atom. The second-order valence-corrected chi connectivity index (χ2v) is 8.23. The highest BCUT2D eigenvalue weighted by molar-refractivity contribution is 6.49. The van der Waals surface area contributed by atoms with Crippen LogP contribution in [-0.2, 0) is 19.1 Å². The number of pyridine rings is 1. The first-order valence-electron chi connectivity index (χ1n) is 10.4. The van der Waals surface area contributed by atoms with Crippen LogP contribution in [0, 0.1) is 0 Å². The van der Waals surface area contributed by atoms with Crippen molar-refractivity contribution in [3.63, 3.8) is 0 Å². The van der Waals surface area contributed by atoms with E-state index in [0.717, 1.165) is 12.1 Å². The normalized spacial score (nSPS) is 36.9. The number of aliphatic hydroxyl groups is 6. The molecule has 0 aromatic carbocycles. The summed E-state index contributed by atoms with van der Waals surface area (Å²) < 4.78 is 10.6. The Kier molecular flexibility index (Phi) is 6.85. The number of ether oxygens (including phenoxy) is 2. The zero-order valence-electron chi connectivity index (χ0n) is 17.8. The predicted molar refractivity (Wildman–Crippen MR) is 112 cm³/mol. The SMILES string of the molecule is O=C1NC(=O)C(=Nc2cc(C3OC(CO)C(O)C3O)c(O)[nH]c2=O)C=C1C1OCC(O)C(O)C1O. The lowest BCUT2D eigenvalue weighted by atomic mass is 9.92. The molecule has 0 aliphatic carbocycles. The fourth-order valence-electron chi connectivity index (χ4n) is 4.00. The van der Waals surface area contributed by atoms with E-state index < -0.39 is 96.7 Å². The topological polar surface area (TPSA) is 251 Å². The van der Waals surface area contributed by atoms with Crippen LogP contribution in [0.3, 0.4) is 0 Å². The van der Waals surface area contributed by atoms with Gasteiger partial charge >= 0.3 is 0 Å². The zero-order chi connectivity index (χ0) is 25.6. The Hall–Kier alpha value is -3.02. The van der Waals surface area contributed by atoms with Crippen LogP contribution < -0.4 is 10.9 Å². The van der Waals surface area contributed by atoms with Crippen LogP contribution in [0.1, 0.15) is 11.7 Å². The molecular weight excluding hydrogens is 474 g/mol. The number of hydrogen-bond acceptors (Lipinski definition) is 13. The van der Waals surface area contributed by atoms with E-state index >= 15 is 0 Å². The van der Waals surface area contributed by atoms with Crippen LogP contribution >= 0.6 is 0 Å². The molecule has 0 bridgehead atoms. The first-order valence-corrected chi connectivity index (χ1v) is 10.4. The molecule has 2 saturated heterocycles. The van der Waals surface area contributed by atoms with Crippen molar-refractivity contribution in [3.8, 4) is 5.88 Å². The Balaban J connectivity index is 1.71. The number of aromatic hydroxyl groups is 1. The van der Waals surface area contributed by atoms with Gasteiger partial charge in [-0.1, -0.05) is 0 Å². The molecule has 0 radical (unpaired) electrons. The molecular formula is C20H23N3O12. The van der Waals surface area contributed by atoms with E-state index in [9.17, 15) is 50.1 Å². The van der Waals surface area contributed by atoms with Crippen molar-refractivity contribution in [2.75, 3.05) is 13.2 Å². The van der Waals surface area contributed by atoms with Gasteiger partial charge < -0.3 is 45.2 Å². The van der Waals surface area contributed by atoms with Crippen molar-refractivity contribution in [1.82, 2.24) is 10.3 Å². The van der Waals surface area contributed by atoms with Gasteiger partial charge in [0.15, 0.2) is 5.88 Å². The molecule has 4 rings (SSSR count). The number of aromatic amines is 1. The quantitative estimate of drug-likeness (QED) is 0.178. The van der Waals surface area contributed by atoms with E-state index in [1.807, 2.05) is 5.32 Å². The number of aliphatic hydroxyl groups excluding tert-OH is 6. The molecule has 190 valence electrons. The van der Waals surface area contributed by atoms with Crippen LogP contribution in [0.4, 0.5) is 5.69 Å². The molecule has 15 nitrogen and oxygen atoms in total. The third-order valence-corrected chi connectivity index (χ3v) is 5.94. The van der Waals surface area contributed by atoms with Crippen molar-refractivity contribution in [2.24, 2.45) is 4.99 Å². The number of carbonyl (C=O) groups is 2. The van der Waals surface area contributed by atoms with Gasteiger partial charge in [0.1, 0.15) is 60.2 Å². The molecule has 3 aliphatic rings. The van der Waals surface area contributed by atoms with Gasteiger partial charge in [0.05, 0.1) is 18.8 Å². The van der Waals surface area contributed by atoms with Gasteiger partial charge in [-0.2, -0.15) is 0 Å². The highest BCUT2D eigenvalue weighted by Crippen LogP contribution is 2.37. The number of rotatable bonds is 4. The maximum atomic E-state index is 12.4. The lowest BCUT2D eigenvalue weighted by molar-refractivity contribution is -0.177. The molecule has 8 atom stereocenters. The fourth-order valence-corrected chi connectivity index (χ4v) is 4.00. The molecule has 1 aromatic heterocycles. The van der Waals surface area contributed by atoms with Crippen molar-refractivity contribution >= 4 is 23.2 Å². The van der Waals surface area contributed by atoms with Crippen molar-refractivity contribution in [2.45, 2.75) is 48.8 Å². The van der Waals surface area contributed by atoms with Crippen LogP contribution in [0.25, 0.3) is 0 Å².